The SMILES string of the molecule is Nc1ccc(C=CC(=O)NCc2cc3cc(C4CC4C(=O)N4CCC(F)(F)CC4)cc(C(F)(F)F)c3o2)cn1. The van der Waals surface area contributed by atoms with Crippen LogP contribution in [-0.2, 0) is 22.3 Å². The first-order chi connectivity index (χ1) is 18.4. The predicted octanol–water partition coefficient (Wildman–Crippen LogP) is 5.12. The number of amides is 2. The van der Waals surface area contributed by atoms with E-state index in [1.165, 1.54) is 29.3 Å². The number of fused-ring (bicyclic) bond motifs is 1. The molecule has 2 atom stereocenters. The number of likely N-dealkylation sites (tertiary alicyclic amines) is 1. The van der Waals surface area contributed by atoms with Crippen molar-refractivity contribution in [2.45, 2.75) is 43.8 Å². The molecule has 2 fully saturated rings. The van der Waals surface area contributed by atoms with Gasteiger partial charge in [-0.3, -0.25) is 9.59 Å². The first kappa shape index (κ1) is 26.6. The van der Waals surface area contributed by atoms with Gasteiger partial charge in [-0.25, -0.2) is 13.8 Å². The van der Waals surface area contributed by atoms with E-state index in [1.807, 2.05) is 0 Å². The number of benzene rings is 1. The van der Waals surface area contributed by atoms with Crippen molar-refractivity contribution in [2.75, 3.05) is 18.8 Å². The van der Waals surface area contributed by atoms with Crippen LogP contribution in [0.25, 0.3) is 17.0 Å². The standard InChI is InChI=1S/C27H25F5N4O3/c28-26(29)5-7-36(8-6-26)25(38)20-12-19(20)16-9-17-10-18(39-24(17)21(11-16)27(30,31)32)14-35-23(37)4-2-15-1-3-22(33)34-13-15/h1-4,9-11,13,19-20H,5-8,12,14H2,(H2,33,34)(H,35,37). The maximum Gasteiger partial charge on any atom is 0.420 e. The molecule has 3 N–H and O–H groups in total. The minimum absolute atomic E-state index is 0.0647. The van der Waals surface area contributed by atoms with E-state index in [9.17, 15) is 31.5 Å². The van der Waals surface area contributed by atoms with E-state index in [0.29, 0.717) is 23.4 Å². The summed E-state index contributed by atoms with van der Waals surface area (Å²) in [6, 6.07) is 7.21. The van der Waals surface area contributed by atoms with Gasteiger partial charge < -0.3 is 20.4 Å². The summed E-state index contributed by atoms with van der Waals surface area (Å²) in [7, 11) is 0. The van der Waals surface area contributed by atoms with E-state index in [-0.39, 0.29) is 42.3 Å². The molecule has 12 heteroatoms. The molecule has 3 heterocycles. The third kappa shape index (κ3) is 6.04. The molecule has 0 bridgehead atoms. The summed E-state index contributed by atoms with van der Waals surface area (Å²) in [6.45, 7) is -0.274. The second-order valence-electron chi connectivity index (χ2n) is 9.89. The molecule has 0 spiro atoms. The van der Waals surface area contributed by atoms with Gasteiger partial charge in [-0.2, -0.15) is 13.2 Å². The normalized spacial score (nSPS) is 20.9. The largest absolute Gasteiger partial charge is 0.459 e. The summed E-state index contributed by atoms with van der Waals surface area (Å²) >= 11 is 0. The number of nitrogens with zero attached hydrogens (tertiary/aromatic N) is 2. The van der Waals surface area contributed by atoms with Gasteiger partial charge in [0.05, 0.1) is 12.1 Å². The van der Waals surface area contributed by atoms with Crippen LogP contribution in [0.15, 0.2) is 47.0 Å². The summed E-state index contributed by atoms with van der Waals surface area (Å²) in [5, 5.41) is 2.76. The first-order valence-corrected chi connectivity index (χ1v) is 12.4. The van der Waals surface area contributed by atoms with Crippen molar-refractivity contribution in [1.29, 1.82) is 0 Å². The number of pyridine rings is 1. The fourth-order valence-corrected chi connectivity index (χ4v) is 4.79. The lowest BCUT2D eigenvalue weighted by Crippen LogP contribution is -2.43. The van der Waals surface area contributed by atoms with Gasteiger partial charge in [0.15, 0.2) is 0 Å². The lowest BCUT2D eigenvalue weighted by molar-refractivity contribution is -0.138. The summed E-state index contributed by atoms with van der Waals surface area (Å²) < 4.78 is 74.1. The second-order valence-corrected chi connectivity index (χ2v) is 9.89. The van der Waals surface area contributed by atoms with Crippen LogP contribution in [0.1, 0.15) is 47.6 Å². The van der Waals surface area contributed by atoms with Crippen LogP contribution >= 0.6 is 0 Å². The van der Waals surface area contributed by atoms with Crippen LogP contribution in [0.4, 0.5) is 27.8 Å². The molecular weight excluding hydrogens is 523 g/mol. The van der Waals surface area contributed by atoms with Gasteiger partial charge >= 0.3 is 6.18 Å². The number of aromatic nitrogens is 1. The van der Waals surface area contributed by atoms with Crippen LogP contribution in [0, 0.1) is 5.92 Å². The van der Waals surface area contributed by atoms with Crippen LogP contribution in [-0.4, -0.2) is 40.7 Å². The number of nitrogen functional groups attached to an aromatic ring is 1. The Morgan fingerprint density at radius 3 is 2.59 bits per heavy atom. The average molecular weight is 549 g/mol. The minimum atomic E-state index is -4.71. The minimum Gasteiger partial charge on any atom is -0.459 e. The van der Waals surface area contributed by atoms with Gasteiger partial charge in [-0.05, 0) is 59.9 Å². The molecule has 3 aromatic rings. The number of alkyl halides is 5. The van der Waals surface area contributed by atoms with Crippen LogP contribution < -0.4 is 11.1 Å². The lowest BCUT2D eigenvalue weighted by Gasteiger charge is -2.32. The van der Waals surface area contributed by atoms with Gasteiger partial charge in [-0.1, -0.05) is 0 Å². The third-order valence-electron chi connectivity index (χ3n) is 7.01. The monoisotopic (exact) mass is 548 g/mol. The predicted molar refractivity (Wildman–Crippen MR) is 132 cm³/mol. The number of anilines is 1. The zero-order valence-electron chi connectivity index (χ0n) is 20.6. The number of furan rings is 1. The molecule has 1 aliphatic carbocycles. The highest BCUT2D eigenvalue weighted by atomic mass is 19.4. The second kappa shape index (κ2) is 9.97. The number of hydrogen-bond donors (Lipinski definition) is 2. The quantitative estimate of drug-likeness (QED) is 0.329. The molecule has 2 aromatic heterocycles. The van der Waals surface area contributed by atoms with Gasteiger partial charge in [0.25, 0.3) is 5.92 Å². The highest BCUT2D eigenvalue weighted by Gasteiger charge is 2.48. The number of hydrogen-bond acceptors (Lipinski definition) is 5. The molecule has 1 saturated heterocycles. The first-order valence-electron chi connectivity index (χ1n) is 12.4. The molecule has 2 amide bonds. The summed E-state index contributed by atoms with van der Waals surface area (Å²) in [6.07, 6.45) is -0.940. The van der Waals surface area contributed by atoms with E-state index in [0.717, 1.165) is 6.07 Å². The summed E-state index contributed by atoms with van der Waals surface area (Å²) in [5.41, 5.74) is 5.16. The highest BCUT2D eigenvalue weighted by Crippen LogP contribution is 2.51. The number of nitrogens with one attached hydrogen (secondary N) is 1. The lowest BCUT2D eigenvalue weighted by atomic mass is 10.0. The Balaban J connectivity index is 1.29. The molecular formula is C27H25F5N4O3. The Bertz CT molecular complexity index is 1420. The Kier molecular flexibility index (Phi) is 6.81. The molecule has 7 nitrogen and oxygen atoms in total. The zero-order valence-corrected chi connectivity index (χ0v) is 20.6. The summed E-state index contributed by atoms with van der Waals surface area (Å²) in [5.74, 6) is -4.10. The molecule has 2 aliphatic rings. The Morgan fingerprint density at radius 1 is 1.18 bits per heavy atom. The van der Waals surface area contributed by atoms with E-state index in [2.05, 4.69) is 10.3 Å². The zero-order chi connectivity index (χ0) is 27.9. The topological polar surface area (TPSA) is 101 Å². The van der Waals surface area contributed by atoms with Crippen LogP contribution in [0.5, 0.6) is 0 Å². The van der Waals surface area contributed by atoms with Crippen LogP contribution in [0.2, 0.25) is 0 Å². The Hall–Kier alpha value is -3.96. The maximum absolute atomic E-state index is 13.9. The van der Waals surface area contributed by atoms with Crippen molar-refractivity contribution in [3.05, 3.63) is 65.1 Å². The Morgan fingerprint density at radius 2 is 1.92 bits per heavy atom. The molecule has 206 valence electrons. The van der Waals surface area contributed by atoms with Crippen molar-refractivity contribution in [3.8, 4) is 0 Å². The molecule has 1 saturated carbocycles. The fourth-order valence-electron chi connectivity index (χ4n) is 4.79. The number of halogens is 5. The van der Waals surface area contributed by atoms with Gasteiger partial charge in [0.2, 0.25) is 11.8 Å². The van der Waals surface area contributed by atoms with Crippen LogP contribution in [0.3, 0.4) is 0 Å². The molecule has 1 aliphatic heterocycles. The van der Waals surface area contributed by atoms with Crippen molar-refractivity contribution >= 4 is 34.7 Å². The Labute approximate surface area is 219 Å². The van der Waals surface area contributed by atoms with Crippen molar-refractivity contribution in [2.24, 2.45) is 5.92 Å². The van der Waals surface area contributed by atoms with Crippen molar-refractivity contribution < 1.29 is 36.0 Å². The molecule has 1 aromatic carbocycles. The van der Waals surface area contributed by atoms with Gasteiger partial charge in [-0.15, -0.1) is 0 Å². The molecule has 39 heavy (non-hydrogen) atoms. The number of carbonyl (C=O) groups is 2. The van der Waals surface area contributed by atoms with E-state index in [1.54, 1.807) is 18.2 Å². The van der Waals surface area contributed by atoms with Crippen molar-refractivity contribution in [1.82, 2.24) is 15.2 Å². The highest BCUT2D eigenvalue weighted by molar-refractivity contribution is 5.91. The maximum atomic E-state index is 13.9. The smallest absolute Gasteiger partial charge is 0.420 e. The van der Waals surface area contributed by atoms with E-state index in [4.69, 9.17) is 10.2 Å². The molecule has 5 rings (SSSR count). The van der Waals surface area contributed by atoms with E-state index >= 15 is 0 Å². The fraction of sp³-hybridized carbons (Fsp3) is 0.370. The molecule has 2 unspecified atom stereocenters. The number of piperidine rings is 1. The number of nitrogens with two attached hydrogens (primary N) is 1. The number of carbonyl (C=O) groups excluding carboxylic acids is 2. The van der Waals surface area contributed by atoms with Gasteiger partial charge in [0, 0.05) is 49.5 Å². The van der Waals surface area contributed by atoms with Gasteiger partial charge in [0.1, 0.15) is 17.2 Å². The molecule has 0 radical (unpaired) electrons. The third-order valence-corrected chi connectivity index (χ3v) is 7.01. The van der Waals surface area contributed by atoms with E-state index < -0.39 is 48.2 Å². The summed E-state index contributed by atoms with van der Waals surface area (Å²) in [4.78, 5) is 30.3. The van der Waals surface area contributed by atoms with Crippen molar-refractivity contribution in [3.63, 3.8) is 0 Å². The average Bonchev–Trinajstić information content (AvgIpc) is 3.57. The number of rotatable bonds is 6.